The number of amidine groups is 1. The first-order valence-electron chi connectivity index (χ1n) is 17.1. The van der Waals surface area contributed by atoms with Crippen LogP contribution in [-0.4, -0.2) is 66.6 Å². The molecule has 5 rings (SSSR count). The minimum absolute atomic E-state index is 0.178. The number of aliphatic imine (C=N–C) groups is 1. The van der Waals surface area contributed by atoms with Crippen LogP contribution >= 0.6 is 0 Å². The van der Waals surface area contributed by atoms with Gasteiger partial charge in [0.2, 0.25) is 0 Å². The van der Waals surface area contributed by atoms with Gasteiger partial charge in [-0.25, -0.2) is 4.79 Å². The summed E-state index contributed by atoms with van der Waals surface area (Å²) in [6.45, 7) is 10.6. The zero-order valence-electron chi connectivity index (χ0n) is 28.2. The Morgan fingerprint density at radius 3 is 2.51 bits per heavy atom. The number of allylic oxidation sites excluding steroid dienone is 1. The summed E-state index contributed by atoms with van der Waals surface area (Å²) in [5, 5.41) is 23.4. The van der Waals surface area contributed by atoms with Gasteiger partial charge < -0.3 is 20.5 Å². The number of urea groups is 1. The molecule has 1 aromatic heterocycles. The molecule has 1 saturated carbocycles. The molecule has 1 aliphatic heterocycles. The van der Waals surface area contributed by atoms with Gasteiger partial charge in [0.25, 0.3) is 0 Å². The molecule has 0 spiro atoms. The Morgan fingerprint density at radius 1 is 1.06 bits per heavy atom. The second-order valence-electron chi connectivity index (χ2n) is 13.9. The lowest BCUT2D eigenvalue weighted by Crippen LogP contribution is -2.43. The first-order chi connectivity index (χ1) is 22.6. The molecule has 0 radical (unpaired) electrons. The number of rotatable bonds is 8. The Kier molecular flexibility index (Phi) is 11.5. The van der Waals surface area contributed by atoms with Crippen LogP contribution in [0.1, 0.15) is 89.0 Å². The predicted molar refractivity (Wildman–Crippen MR) is 185 cm³/mol. The maximum absolute atomic E-state index is 13.4. The molecular weight excluding hydrogens is 592 g/mol. The number of carbonyl (C=O) groups is 1. The number of hydrogen-bond acceptors (Lipinski definition) is 8. The third-order valence-corrected chi connectivity index (χ3v) is 9.39. The molecule has 3 aliphatic rings. The topological polar surface area (TPSA) is 154 Å². The average molecular weight is 645 g/mol. The molecule has 2 atom stereocenters. The van der Waals surface area contributed by atoms with Gasteiger partial charge in [-0.15, -0.1) is 0 Å². The maximum Gasteiger partial charge on any atom is 0.320 e. The van der Waals surface area contributed by atoms with Crippen molar-refractivity contribution in [3.63, 3.8) is 0 Å². The maximum atomic E-state index is 13.4. The van der Waals surface area contributed by atoms with Crippen molar-refractivity contribution in [1.82, 2.24) is 20.1 Å². The third kappa shape index (κ3) is 9.32. The molecule has 6 N–H and O–H groups in total. The zero-order valence-corrected chi connectivity index (χ0v) is 28.2. The number of nitrogens with one attached hydrogen (secondary N) is 4. The van der Waals surface area contributed by atoms with Crippen molar-refractivity contribution >= 4 is 17.7 Å². The number of carbonyl (C=O) groups excluding carboxylic acids is 1. The molecule has 2 heterocycles. The fraction of sp³-hybridized carbons (Fsp3) is 0.556. The van der Waals surface area contributed by atoms with E-state index < -0.39 is 0 Å². The largest absolute Gasteiger partial charge is 0.484 e. The second kappa shape index (κ2) is 15.8. The Bertz CT molecular complexity index is 1510. The monoisotopic (exact) mass is 644 g/mol. The van der Waals surface area contributed by atoms with Gasteiger partial charge in [-0.3, -0.25) is 30.6 Å². The average Bonchev–Trinajstić information content (AvgIpc) is 3.06. The Labute approximate surface area is 278 Å². The molecule has 11 nitrogen and oxygen atoms in total. The minimum atomic E-state index is -0.333. The van der Waals surface area contributed by atoms with Crippen molar-refractivity contribution in [3.8, 4) is 5.75 Å². The van der Waals surface area contributed by atoms with Crippen LogP contribution in [0.4, 0.5) is 4.79 Å². The normalized spacial score (nSPS) is 21.5. The lowest BCUT2D eigenvalue weighted by atomic mass is 9.85. The fourth-order valence-corrected chi connectivity index (χ4v) is 6.44. The summed E-state index contributed by atoms with van der Waals surface area (Å²) in [5.41, 5.74) is 9.07. The number of amides is 2. The molecule has 254 valence electrons. The molecule has 2 aromatic rings. The number of hydrogen-bond donors (Lipinski definition) is 5. The Hall–Kier alpha value is -3.96. The van der Waals surface area contributed by atoms with E-state index >= 15 is 0 Å². The standard InChI is InChI=1S/C36H52N8O3/c1-36(2,3)31(37)23-33(40-17-18-43-19-21-46-22-20-43)42-35(45)41-29-14-15-30(28-12-8-7-11-27(28)29)47-26-13-16-32(38)44(24-26)34(39)25-9-5-4-6-10-25/h7-8,11-13,16,23-25,29-30,38-39H,4-6,9-10,14-15,17-22,37H2,1-3H3,(H2,40,41,42,45)/t29-,30+/m0/s1. The van der Waals surface area contributed by atoms with E-state index in [1.807, 2.05) is 51.1 Å². The number of fused-ring (bicyclic) bond motifs is 1. The molecule has 1 saturated heterocycles. The minimum Gasteiger partial charge on any atom is -0.484 e. The lowest BCUT2D eigenvalue weighted by molar-refractivity contribution is 0.0394. The molecule has 2 aliphatic carbocycles. The quantitative estimate of drug-likeness (QED) is 0.196. The summed E-state index contributed by atoms with van der Waals surface area (Å²) in [5.74, 6) is 1.73. The first kappa shape index (κ1) is 34.4. The van der Waals surface area contributed by atoms with Gasteiger partial charge in [0.15, 0.2) is 0 Å². The van der Waals surface area contributed by atoms with Crippen molar-refractivity contribution in [3.05, 3.63) is 71.0 Å². The summed E-state index contributed by atoms with van der Waals surface area (Å²) >= 11 is 0. The SMILES string of the molecule is CC(C)(C)C(N)=CC(=NCCN1CCOCC1)NC(=O)N[C@H]1CC[C@@H](Oc2ccc(=N)n(C(=N)C3CCCCC3)c2)c2ccccc21. The van der Waals surface area contributed by atoms with Crippen molar-refractivity contribution in [1.29, 1.82) is 10.8 Å². The highest BCUT2D eigenvalue weighted by Gasteiger charge is 2.30. The fourth-order valence-electron chi connectivity index (χ4n) is 6.44. The number of morpholine rings is 1. The van der Waals surface area contributed by atoms with Gasteiger partial charge in [-0.05, 0) is 55.0 Å². The van der Waals surface area contributed by atoms with Crippen molar-refractivity contribution in [2.45, 2.75) is 77.9 Å². The van der Waals surface area contributed by atoms with Crippen LogP contribution in [0.15, 0.2) is 59.4 Å². The van der Waals surface area contributed by atoms with Crippen molar-refractivity contribution in [2.75, 3.05) is 39.4 Å². The summed E-state index contributed by atoms with van der Waals surface area (Å²) in [6, 6.07) is 11.0. The van der Waals surface area contributed by atoms with E-state index in [0.717, 1.165) is 69.7 Å². The van der Waals surface area contributed by atoms with Crippen LogP contribution in [0.3, 0.4) is 0 Å². The van der Waals surface area contributed by atoms with Crippen LogP contribution in [0.5, 0.6) is 5.75 Å². The Balaban J connectivity index is 1.26. The number of aromatic nitrogens is 1. The molecule has 11 heteroatoms. The van der Waals surface area contributed by atoms with Crippen molar-refractivity contribution < 1.29 is 14.3 Å². The van der Waals surface area contributed by atoms with Gasteiger partial charge in [0, 0.05) is 36.7 Å². The molecular formula is C36H52N8O3. The number of benzene rings is 1. The highest BCUT2D eigenvalue weighted by molar-refractivity contribution is 6.04. The van der Waals surface area contributed by atoms with Crippen molar-refractivity contribution in [2.24, 2.45) is 22.1 Å². The van der Waals surface area contributed by atoms with Crippen LogP contribution in [0.25, 0.3) is 0 Å². The smallest absolute Gasteiger partial charge is 0.320 e. The van der Waals surface area contributed by atoms with Gasteiger partial charge >= 0.3 is 6.03 Å². The van der Waals surface area contributed by atoms with E-state index in [4.69, 9.17) is 31.0 Å². The number of nitrogens with zero attached hydrogens (tertiary/aromatic N) is 3. The van der Waals surface area contributed by atoms with E-state index in [1.165, 1.54) is 6.42 Å². The van der Waals surface area contributed by atoms with Gasteiger partial charge in [0.05, 0.1) is 32.0 Å². The van der Waals surface area contributed by atoms with Crippen LogP contribution in [0.2, 0.25) is 0 Å². The highest BCUT2D eigenvalue weighted by atomic mass is 16.5. The Morgan fingerprint density at radius 2 is 1.79 bits per heavy atom. The van der Waals surface area contributed by atoms with Crippen LogP contribution in [0, 0.1) is 22.2 Å². The summed E-state index contributed by atoms with van der Waals surface area (Å²) in [4.78, 5) is 20.4. The summed E-state index contributed by atoms with van der Waals surface area (Å²) in [6.07, 6.45) is 10.2. The molecule has 1 aromatic carbocycles. The van der Waals surface area contributed by atoms with E-state index in [1.54, 1.807) is 22.9 Å². The summed E-state index contributed by atoms with van der Waals surface area (Å²) in [7, 11) is 0. The first-order valence-corrected chi connectivity index (χ1v) is 17.1. The number of pyridine rings is 1. The highest BCUT2D eigenvalue weighted by Crippen LogP contribution is 2.38. The van der Waals surface area contributed by atoms with E-state index in [2.05, 4.69) is 15.5 Å². The molecule has 2 amide bonds. The molecule has 0 bridgehead atoms. The molecule has 0 unspecified atom stereocenters. The van der Waals surface area contributed by atoms with E-state index in [9.17, 15) is 4.79 Å². The second-order valence-corrected chi connectivity index (χ2v) is 13.9. The lowest BCUT2D eigenvalue weighted by Gasteiger charge is -2.32. The van der Waals surface area contributed by atoms with E-state index in [-0.39, 0.29) is 35.0 Å². The number of nitrogens with two attached hydrogens (primary N) is 1. The van der Waals surface area contributed by atoms with Gasteiger partial charge in [0.1, 0.15) is 29.0 Å². The third-order valence-electron chi connectivity index (χ3n) is 9.39. The van der Waals surface area contributed by atoms with E-state index in [0.29, 0.717) is 42.5 Å². The van der Waals surface area contributed by atoms with Gasteiger partial charge in [-0.2, -0.15) is 0 Å². The zero-order chi connectivity index (χ0) is 33.4. The molecule has 2 fully saturated rings. The summed E-state index contributed by atoms with van der Waals surface area (Å²) < 4.78 is 13.6. The number of ether oxygens (including phenoxy) is 2. The molecule has 47 heavy (non-hydrogen) atoms. The van der Waals surface area contributed by atoms with Gasteiger partial charge in [-0.1, -0.05) is 64.3 Å². The van der Waals surface area contributed by atoms with Crippen LogP contribution < -0.4 is 26.6 Å². The van der Waals surface area contributed by atoms with Crippen LogP contribution in [-0.2, 0) is 4.74 Å². The predicted octanol–water partition coefficient (Wildman–Crippen LogP) is 5.25.